The van der Waals surface area contributed by atoms with E-state index in [2.05, 4.69) is 25.2 Å². The van der Waals surface area contributed by atoms with Gasteiger partial charge in [0.05, 0.1) is 0 Å². The molecule has 0 heterocycles. The molecular weight excluding hydrogens is 172 g/mol. The summed E-state index contributed by atoms with van der Waals surface area (Å²) in [5.41, 5.74) is 8.20. The van der Waals surface area contributed by atoms with Crippen LogP contribution >= 0.6 is 0 Å². The van der Waals surface area contributed by atoms with E-state index in [-0.39, 0.29) is 0 Å². The summed E-state index contributed by atoms with van der Waals surface area (Å²) >= 11 is 0. The number of nitrogen functional groups attached to an aromatic ring is 1. The van der Waals surface area contributed by atoms with Crippen LogP contribution in [0.2, 0.25) is 0 Å². The van der Waals surface area contributed by atoms with Gasteiger partial charge in [0.25, 0.3) is 0 Å². The van der Waals surface area contributed by atoms with E-state index in [0.29, 0.717) is 5.41 Å². The van der Waals surface area contributed by atoms with Crippen molar-refractivity contribution in [2.75, 3.05) is 17.6 Å². The van der Waals surface area contributed by atoms with E-state index in [4.69, 9.17) is 5.73 Å². The SMILES string of the molecule is CC1(C)CC1CNc1cccc(N)c1. The first-order valence-corrected chi connectivity index (χ1v) is 5.17. The van der Waals surface area contributed by atoms with E-state index in [9.17, 15) is 0 Å². The van der Waals surface area contributed by atoms with Crippen LogP contribution in [0.5, 0.6) is 0 Å². The molecule has 0 aliphatic heterocycles. The average Bonchev–Trinajstić information content (AvgIpc) is 2.71. The molecule has 0 radical (unpaired) electrons. The highest BCUT2D eigenvalue weighted by Crippen LogP contribution is 2.51. The van der Waals surface area contributed by atoms with Crippen molar-refractivity contribution in [1.82, 2.24) is 0 Å². The summed E-state index contributed by atoms with van der Waals surface area (Å²) in [6.45, 7) is 5.70. The number of nitrogens with two attached hydrogens (primary N) is 1. The quantitative estimate of drug-likeness (QED) is 0.719. The topological polar surface area (TPSA) is 38.0 Å². The third-order valence-corrected chi connectivity index (χ3v) is 3.16. The van der Waals surface area contributed by atoms with Gasteiger partial charge < -0.3 is 11.1 Å². The molecule has 1 fully saturated rings. The normalized spacial score (nSPS) is 23.1. The van der Waals surface area contributed by atoms with E-state index in [0.717, 1.165) is 23.8 Å². The zero-order chi connectivity index (χ0) is 10.2. The molecule has 3 N–H and O–H groups in total. The minimum Gasteiger partial charge on any atom is -0.399 e. The lowest BCUT2D eigenvalue weighted by Crippen LogP contribution is -2.07. The monoisotopic (exact) mass is 190 g/mol. The van der Waals surface area contributed by atoms with Gasteiger partial charge in [-0.25, -0.2) is 0 Å². The summed E-state index contributed by atoms with van der Waals surface area (Å²) in [7, 11) is 0. The van der Waals surface area contributed by atoms with Gasteiger partial charge in [0.15, 0.2) is 0 Å². The first-order valence-electron chi connectivity index (χ1n) is 5.17. The third kappa shape index (κ3) is 2.00. The van der Waals surface area contributed by atoms with Crippen LogP contribution in [0.3, 0.4) is 0 Å². The Bertz CT molecular complexity index is 331. The standard InChI is InChI=1S/C12H18N2/c1-12(2)7-9(12)8-14-11-5-3-4-10(13)6-11/h3-6,9,14H,7-8,13H2,1-2H3. The van der Waals surface area contributed by atoms with Crippen LogP contribution in [0.4, 0.5) is 11.4 Å². The predicted octanol–water partition coefficient (Wildman–Crippen LogP) is 2.73. The molecule has 0 spiro atoms. The van der Waals surface area contributed by atoms with Crippen molar-refractivity contribution in [3.63, 3.8) is 0 Å². The lowest BCUT2D eigenvalue weighted by atomic mass is 10.1. The van der Waals surface area contributed by atoms with Gasteiger partial charge in [-0.15, -0.1) is 0 Å². The maximum absolute atomic E-state index is 5.69. The highest BCUT2D eigenvalue weighted by Gasteiger charge is 2.44. The van der Waals surface area contributed by atoms with Gasteiger partial charge in [-0.2, -0.15) is 0 Å². The Kier molecular flexibility index (Phi) is 2.14. The van der Waals surface area contributed by atoms with Gasteiger partial charge >= 0.3 is 0 Å². The minimum absolute atomic E-state index is 0.549. The van der Waals surface area contributed by atoms with Gasteiger partial charge in [0, 0.05) is 17.9 Å². The summed E-state index contributed by atoms with van der Waals surface area (Å²) in [4.78, 5) is 0. The summed E-state index contributed by atoms with van der Waals surface area (Å²) < 4.78 is 0. The predicted molar refractivity (Wildman–Crippen MR) is 61.2 cm³/mol. The molecule has 1 aliphatic rings. The molecule has 1 aromatic carbocycles. The van der Waals surface area contributed by atoms with E-state index in [1.807, 2.05) is 18.2 Å². The Morgan fingerprint density at radius 3 is 2.79 bits per heavy atom. The Labute approximate surface area is 85.5 Å². The van der Waals surface area contributed by atoms with E-state index < -0.39 is 0 Å². The van der Waals surface area contributed by atoms with Gasteiger partial charge in [0.1, 0.15) is 0 Å². The number of nitrogens with one attached hydrogen (secondary N) is 1. The summed E-state index contributed by atoms with van der Waals surface area (Å²) in [5, 5.41) is 3.42. The average molecular weight is 190 g/mol. The summed E-state index contributed by atoms with van der Waals surface area (Å²) in [6.07, 6.45) is 1.34. The van der Waals surface area contributed by atoms with Crippen LogP contribution in [-0.4, -0.2) is 6.54 Å². The smallest absolute Gasteiger partial charge is 0.0360 e. The van der Waals surface area contributed by atoms with Crippen LogP contribution in [0.1, 0.15) is 20.3 Å². The zero-order valence-corrected chi connectivity index (χ0v) is 8.88. The van der Waals surface area contributed by atoms with Crippen LogP contribution in [0, 0.1) is 11.3 Å². The van der Waals surface area contributed by atoms with Gasteiger partial charge in [0.2, 0.25) is 0 Å². The number of anilines is 2. The maximum Gasteiger partial charge on any atom is 0.0360 e. The molecule has 0 aromatic heterocycles. The fourth-order valence-corrected chi connectivity index (χ4v) is 1.81. The van der Waals surface area contributed by atoms with Gasteiger partial charge in [-0.05, 0) is 36.0 Å². The molecule has 2 rings (SSSR count). The molecule has 2 nitrogen and oxygen atoms in total. The molecule has 1 unspecified atom stereocenters. The van der Waals surface area contributed by atoms with E-state index in [1.165, 1.54) is 6.42 Å². The van der Waals surface area contributed by atoms with E-state index in [1.54, 1.807) is 0 Å². The lowest BCUT2D eigenvalue weighted by Gasteiger charge is -2.07. The molecule has 1 aliphatic carbocycles. The Morgan fingerprint density at radius 2 is 2.21 bits per heavy atom. The lowest BCUT2D eigenvalue weighted by molar-refractivity contribution is 0.573. The van der Waals surface area contributed by atoms with Crippen LogP contribution in [0.25, 0.3) is 0 Å². The van der Waals surface area contributed by atoms with Crippen molar-refractivity contribution in [3.8, 4) is 0 Å². The fourth-order valence-electron chi connectivity index (χ4n) is 1.81. The number of rotatable bonds is 3. The molecule has 14 heavy (non-hydrogen) atoms. The largest absolute Gasteiger partial charge is 0.399 e. The maximum atomic E-state index is 5.69. The second-order valence-electron chi connectivity index (χ2n) is 4.90. The number of hydrogen-bond acceptors (Lipinski definition) is 2. The highest BCUT2D eigenvalue weighted by molar-refractivity contribution is 5.54. The van der Waals surface area contributed by atoms with Gasteiger partial charge in [-0.1, -0.05) is 19.9 Å². The third-order valence-electron chi connectivity index (χ3n) is 3.16. The zero-order valence-electron chi connectivity index (χ0n) is 8.88. The second kappa shape index (κ2) is 3.19. The van der Waals surface area contributed by atoms with Gasteiger partial charge in [-0.3, -0.25) is 0 Å². The van der Waals surface area contributed by atoms with Crippen LogP contribution in [0.15, 0.2) is 24.3 Å². The molecule has 1 aromatic rings. The molecule has 0 saturated heterocycles. The Balaban J connectivity index is 1.87. The molecule has 0 bridgehead atoms. The molecule has 76 valence electrons. The van der Waals surface area contributed by atoms with Crippen molar-refractivity contribution in [2.24, 2.45) is 11.3 Å². The molecule has 2 heteroatoms. The molecule has 1 atom stereocenters. The van der Waals surface area contributed by atoms with Crippen molar-refractivity contribution in [2.45, 2.75) is 20.3 Å². The van der Waals surface area contributed by atoms with Crippen LogP contribution in [-0.2, 0) is 0 Å². The highest BCUT2D eigenvalue weighted by atomic mass is 14.9. The summed E-state index contributed by atoms with van der Waals surface area (Å²) in [6, 6.07) is 7.93. The first-order chi connectivity index (χ1) is 6.58. The van der Waals surface area contributed by atoms with E-state index >= 15 is 0 Å². The number of benzene rings is 1. The Morgan fingerprint density at radius 1 is 1.50 bits per heavy atom. The van der Waals surface area contributed by atoms with Crippen molar-refractivity contribution >= 4 is 11.4 Å². The van der Waals surface area contributed by atoms with Crippen LogP contribution < -0.4 is 11.1 Å². The molecular formula is C12H18N2. The molecule has 1 saturated carbocycles. The van der Waals surface area contributed by atoms with Crippen molar-refractivity contribution in [1.29, 1.82) is 0 Å². The summed E-state index contributed by atoms with van der Waals surface area (Å²) in [5.74, 6) is 0.823. The fraction of sp³-hybridized carbons (Fsp3) is 0.500. The van der Waals surface area contributed by atoms with Crippen molar-refractivity contribution in [3.05, 3.63) is 24.3 Å². The Hall–Kier alpha value is -1.18. The molecule has 0 amide bonds. The number of hydrogen-bond donors (Lipinski definition) is 2. The minimum atomic E-state index is 0.549. The second-order valence-corrected chi connectivity index (χ2v) is 4.90. The van der Waals surface area contributed by atoms with Crippen molar-refractivity contribution < 1.29 is 0 Å². The first kappa shape index (κ1) is 9.38.